The monoisotopic (exact) mass is 538 g/mol. The van der Waals surface area contributed by atoms with Crippen molar-refractivity contribution in [2.45, 2.75) is 59.5 Å². The normalized spacial score (nSPS) is 12.6. The van der Waals surface area contributed by atoms with E-state index in [0.29, 0.717) is 41.8 Å². The van der Waals surface area contributed by atoms with Crippen LogP contribution in [0.25, 0.3) is 11.3 Å². The quantitative estimate of drug-likeness (QED) is 0.282. The largest absolute Gasteiger partial charge is 0.496 e. The summed E-state index contributed by atoms with van der Waals surface area (Å²) in [7, 11) is 3.18. The van der Waals surface area contributed by atoms with Gasteiger partial charge in [0.1, 0.15) is 17.3 Å². The van der Waals surface area contributed by atoms with Crippen molar-refractivity contribution in [2.24, 2.45) is 11.8 Å². The predicted molar refractivity (Wildman–Crippen MR) is 151 cm³/mol. The van der Waals surface area contributed by atoms with Crippen LogP contribution in [0.15, 0.2) is 48.5 Å². The van der Waals surface area contributed by atoms with Gasteiger partial charge in [0, 0.05) is 24.7 Å². The SMILES string of the molecule is CCC(C)Cn1nc(C(=O)N[C@H](CC(=O)Nc2ccc(F)cc2)CC(C)C)cc1-c1c(OC)cccc1OC. The molecule has 0 spiro atoms. The number of amides is 2. The number of rotatable bonds is 13. The van der Waals surface area contributed by atoms with Crippen molar-refractivity contribution in [1.82, 2.24) is 15.1 Å². The molecule has 210 valence electrons. The highest BCUT2D eigenvalue weighted by molar-refractivity contribution is 5.95. The van der Waals surface area contributed by atoms with Gasteiger partial charge in [-0.1, -0.05) is 40.2 Å². The minimum Gasteiger partial charge on any atom is -0.496 e. The molecule has 0 aliphatic carbocycles. The van der Waals surface area contributed by atoms with Gasteiger partial charge >= 0.3 is 0 Å². The smallest absolute Gasteiger partial charge is 0.272 e. The zero-order valence-corrected chi connectivity index (χ0v) is 23.6. The summed E-state index contributed by atoms with van der Waals surface area (Å²) in [6.07, 6.45) is 1.62. The molecule has 0 saturated heterocycles. The maximum absolute atomic E-state index is 13.5. The number of ether oxygens (including phenoxy) is 2. The maximum atomic E-state index is 13.5. The first-order valence-corrected chi connectivity index (χ1v) is 13.3. The van der Waals surface area contributed by atoms with E-state index >= 15 is 0 Å². The average Bonchev–Trinajstić information content (AvgIpc) is 3.32. The van der Waals surface area contributed by atoms with Crippen LogP contribution in [0.2, 0.25) is 0 Å². The molecular weight excluding hydrogens is 499 g/mol. The van der Waals surface area contributed by atoms with Crippen LogP contribution in [0.1, 0.15) is 57.4 Å². The summed E-state index contributed by atoms with van der Waals surface area (Å²) in [5, 5.41) is 10.4. The minimum absolute atomic E-state index is 0.0715. The molecular formula is C30H39FN4O4. The van der Waals surface area contributed by atoms with Crippen LogP contribution in [0.4, 0.5) is 10.1 Å². The van der Waals surface area contributed by atoms with Crippen molar-refractivity contribution in [3.8, 4) is 22.8 Å². The fourth-order valence-corrected chi connectivity index (χ4v) is 4.39. The zero-order valence-electron chi connectivity index (χ0n) is 23.6. The standard InChI is InChI=1S/C30H39FN4O4/c1-7-20(4)18-35-25(29-26(38-5)9-8-10-27(29)39-6)17-24(34-35)30(37)33-23(15-19(2)3)16-28(36)32-22-13-11-21(31)12-14-22/h8-14,17,19-20,23H,7,15-16,18H2,1-6H3,(H,32,36)(H,33,37)/t20?,23-/m0/s1. The number of nitrogens with zero attached hydrogens (tertiary/aromatic N) is 2. The van der Waals surface area contributed by atoms with Gasteiger partial charge in [0.05, 0.1) is 25.5 Å². The fraction of sp³-hybridized carbons (Fsp3) is 0.433. The molecule has 0 fully saturated rings. The highest BCUT2D eigenvalue weighted by Crippen LogP contribution is 2.39. The number of benzene rings is 2. The van der Waals surface area contributed by atoms with Crippen LogP contribution in [-0.2, 0) is 11.3 Å². The molecule has 9 heteroatoms. The molecule has 0 bridgehead atoms. The molecule has 0 radical (unpaired) electrons. The van der Waals surface area contributed by atoms with E-state index in [9.17, 15) is 14.0 Å². The van der Waals surface area contributed by atoms with Crippen LogP contribution in [0.3, 0.4) is 0 Å². The number of hydrogen-bond donors (Lipinski definition) is 2. The van der Waals surface area contributed by atoms with Gasteiger partial charge in [-0.25, -0.2) is 4.39 Å². The Labute approximate surface area is 229 Å². The maximum Gasteiger partial charge on any atom is 0.272 e. The molecule has 0 aliphatic heterocycles. The number of aromatic nitrogens is 2. The molecule has 8 nitrogen and oxygen atoms in total. The molecule has 39 heavy (non-hydrogen) atoms. The van der Waals surface area contributed by atoms with E-state index in [-0.39, 0.29) is 35.7 Å². The number of carbonyl (C=O) groups is 2. The molecule has 2 atom stereocenters. The summed E-state index contributed by atoms with van der Waals surface area (Å²) in [4.78, 5) is 26.2. The summed E-state index contributed by atoms with van der Waals surface area (Å²) in [5.74, 6) is 0.774. The summed E-state index contributed by atoms with van der Waals surface area (Å²) in [5.41, 5.74) is 2.17. The van der Waals surface area contributed by atoms with Gasteiger partial charge in [-0.05, 0) is 60.7 Å². The van der Waals surface area contributed by atoms with Crippen molar-refractivity contribution in [3.05, 3.63) is 60.0 Å². The lowest BCUT2D eigenvalue weighted by Crippen LogP contribution is -2.38. The van der Waals surface area contributed by atoms with Gasteiger partial charge in [-0.15, -0.1) is 0 Å². The van der Waals surface area contributed by atoms with Crippen LogP contribution < -0.4 is 20.1 Å². The van der Waals surface area contributed by atoms with Crippen LogP contribution in [0, 0.1) is 17.7 Å². The fourth-order valence-electron chi connectivity index (χ4n) is 4.39. The second-order valence-corrected chi connectivity index (χ2v) is 10.2. The Balaban J connectivity index is 1.88. The summed E-state index contributed by atoms with van der Waals surface area (Å²) < 4.78 is 26.3. The van der Waals surface area contributed by atoms with Gasteiger partial charge in [0.25, 0.3) is 5.91 Å². The minimum atomic E-state index is -0.415. The van der Waals surface area contributed by atoms with Crippen molar-refractivity contribution in [2.75, 3.05) is 19.5 Å². The van der Waals surface area contributed by atoms with Gasteiger partial charge in [-0.2, -0.15) is 5.10 Å². The molecule has 2 N–H and O–H groups in total. The van der Waals surface area contributed by atoms with Gasteiger partial charge in [0.15, 0.2) is 5.69 Å². The molecule has 2 amide bonds. The Morgan fingerprint density at radius 2 is 1.67 bits per heavy atom. The topological polar surface area (TPSA) is 94.5 Å². The first kappa shape index (κ1) is 29.7. The number of nitrogens with one attached hydrogen (secondary N) is 2. The highest BCUT2D eigenvalue weighted by atomic mass is 19.1. The van der Waals surface area contributed by atoms with E-state index in [1.807, 2.05) is 36.7 Å². The Morgan fingerprint density at radius 3 is 2.23 bits per heavy atom. The number of halogens is 1. The van der Waals surface area contributed by atoms with Crippen molar-refractivity contribution < 1.29 is 23.5 Å². The first-order chi connectivity index (χ1) is 18.6. The van der Waals surface area contributed by atoms with Gasteiger partial charge in [-0.3, -0.25) is 14.3 Å². The molecule has 0 saturated carbocycles. The molecule has 1 heterocycles. The Morgan fingerprint density at radius 1 is 1.03 bits per heavy atom. The van der Waals surface area contributed by atoms with Gasteiger partial charge < -0.3 is 20.1 Å². The highest BCUT2D eigenvalue weighted by Gasteiger charge is 2.25. The second kappa shape index (κ2) is 13.8. The van der Waals surface area contributed by atoms with E-state index in [2.05, 4.69) is 29.6 Å². The van der Waals surface area contributed by atoms with Crippen molar-refractivity contribution >= 4 is 17.5 Å². The van der Waals surface area contributed by atoms with Crippen LogP contribution in [-0.4, -0.2) is 41.9 Å². The predicted octanol–water partition coefficient (Wildman–Crippen LogP) is 5.93. The number of methoxy groups -OCH3 is 2. The number of carbonyl (C=O) groups excluding carboxylic acids is 2. The van der Waals surface area contributed by atoms with E-state index < -0.39 is 6.04 Å². The molecule has 1 aromatic heterocycles. The lowest BCUT2D eigenvalue weighted by molar-refractivity contribution is -0.116. The third kappa shape index (κ3) is 8.05. The molecule has 3 rings (SSSR count). The third-order valence-corrected chi connectivity index (χ3v) is 6.53. The Kier molecular flexibility index (Phi) is 10.5. The second-order valence-electron chi connectivity index (χ2n) is 10.2. The van der Waals surface area contributed by atoms with E-state index in [0.717, 1.165) is 12.0 Å². The van der Waals surface area contributed by atoms with Crippen molar-refractivity contribution in [3.63, 3.8) is 0 Å². The number of anilines is 1. The Hall–Kier alpha value is -3.88. The summed E-state index contributed by atoms with van der Waals surface area (Å²) in [6.45, 7) is 8.91. The van der Waals surface area contributed by atoms with Crippen LogP contribution in [0.5, 0.6) is 11.5 Å². The molecule has 3 aromatic rings. The van der Waals surface area contributed by atoms with Crippen LogP contribution >= 0.6 is 0 Å². The third-order valence-electron chi connectivity index (χ3n) is 6.53. The van der Waals surface area contributed by atoms with Crippen molar-refractivity contribution in [1.29, 1.82) is 0 Å². The summed E-state index contributed by atoms with van der Waals surface area (Å²) >= 11 is 0. The first-order valence-electron chi connectivity index (χ1n) is 13.3. The van der Waals surface area contributed by atoms with E-state index in [1.165, 1.54) is 24.3 Å². The lowest BCUT2D eigenvalue weighted by Gasteiger charge is -2.20. The molecule has 2 aromatic carbocycles. The van der Waals surface area contributed by atoms with E-state index in [4.69, 9.17) is 9.47 Å². The lowest BCUT2D eigenvalue weighted by atomic mass is 10.0. The van der Waals surface area contributed by atoms with E-state index in [1.54, 1.807) is 20.3 Å². The summed E-state index contributed by atoms with van der Waals surface area (Å²) in [6, 6.07) is 12.4. The molecule has 1 unspecified atom stereocenters. The average molecular weight is 539 g/mol. The number of hydrogen-bond acceptors (Lipinski definition) is 5. The molecule has 0 aliphatic rings. The zero-order chi connectivity index (χ0) is 28.5. The Bertz CT molecular complexity index is 1230. The van der Waals surface area contributed by atoms with Gasteiger partial charge in [0.2, 0.25) is 5.91 Å².